The predicted octanol–water partition coefficient (Wildman–Crippen LogP) is 6.79. The highest BCUT2D eigenvalue weighted by Gasteiger charge is 2.49. The van der Waals surface area contributed by atoms with Crippen molar-refractivity contribution in [2.24, 2.45) is 0 Å². The Morgan fingerprint density at radius 2 is 1.66 bits per heavy atom. The van der Waals surface area contributed by atoms with Crippen molar-refractivity contribution in [3.63, 3.8) is 0 Å². The summed E-state index contributed by atoms with van der Waals surface area (Å²) in [6.07, 6.45) is 1.81. The van der Waals surface area contributed by atoms with E-state index in [2.05, 4.69) is 24.1 Å². The molecular weight excluding hydrogens is 483 g/mol. The van der Waals surface area contributed by atoms with Gasteiger partial charge in [-0.2, -0.15) is 5.01 Å². The molecule has 2 aliphatic heterocycles. The van der Waals surface area contributed by atoms with Crippen molar-refractivity contribution >= 4 is 40.9 Å². The number of rotatable bonds is 7. The van der Waals surface area contributed by atoms with Crippen LogP contribution in [0.3, 0.4) is 0 Å². The van der Waals surface area contributed by atoms with E-state index in [0.29, 0.717) is 23.1 Å². The lowest BCUT2D eigenvalue weighted by atomic mass is 9.90. The molecule has 3 atom stereocenters. The maximum absolute atomic E-state index is 11.8. The number of hydrazine groups is 1. The molecule has 0 N–H and O–H groups in total. The molecule has 0 saturated carbocycles. The van der Waals surface area contributed by atoms with Gasteiger partial charge in [-0.3, -0.25) is 4.79 Å². The number of carbonyl (C=O) groups is 1. The summed E-state index contributed by atoms with van der Waals surface area (Å²) >= 11 is 12.6. The molecule has 2 aliphatic rings. The van der Waals surface area contributed by atoms with Crippen LogP contribution in [0.5, 0.6) is 0 Å². The Kier molecular flexibility index (Phi) is 7.12. The lowest BCUT2D eigenvalue weighted by Crippen LogP contribution is -2.48. The minimum atomic E-state index is -0.209. The molecule has 35 heavy (non-hydrogen) atoms. The smallest absolute Gasteiger partial charge is 0.322 e. The highest BCUT2D eigenvalue weighted by Crippen LogP contribution is 2.48. The van der Waals surface area contributed by atoms with Gasteiger partial charge in [0.2, 0.25) is 0 Å². The van der Waals surface area contributed by atoms with Gasteiger partial charge in [0.15, 0.2) is 0 Å². The normalized spacial score (nSPS) is 21.4. The Hall–Kier alpha value is -2.83. The van der Waals surface area contributed by atoms with Crippen LogP contribution in [-0.4, -0.2) is 35.4 Å². The number of hydroxylamine groups is 1. The molecule has 0 amide bonds. The van der Waals surface area contributed by atoms with Crippen LogP contribution in [0, 0.1) is 0 Å². The number of ether oxygens (including phenoxy) is 1. The topological polar surface area (TPSA) is 42.0 Å². The van der Waals surface area contributed by atoms with Crippen molar-refractivity contribution < 1.29 is 14.4 Å². The molecule has 0 radical (unpaired) electrons. The van der Waals surface area contributed by atoms with Crippen LogP contribution in [0.15, 0.2) is 78.9 Å². The first-order chi connectivity index (χ1) is 17.1. The number of halogens is 2. The van der Waals surface area contributed by atoms with Crippen molar-refractivity contribution in [2.75, 3.05) is 6.61 Å². The van der Waals surface area contributed by atoms with E-state index >= 15 is 0 Å². The second kappa shape index (κ2) is 10.4. The van der Waals surface area contributed by atoms with E-state index in [0.717, 1.165) is 40.8 Å². The molecule has 180 valence electrons. The van der Waals surface area contributed by atoms with Gasteiger partial charge in [-0.05, 0) is 43.0 Å². The fourth-order valence-electron chi connectivity index (χ4n) is 5.07. The third-order valence-corrected chi connectivity index (χ3v) is 7.39. The average Bonchev–Trinajstić information content (AvgIpc) is 3.53. The molecule has 0 bridgehead atoms. The number of hydrogen-bond donors (Lipinski definition) is 0. The summed E-state index contributed by atoms with van der Waals surface area (Å²) in [5, 5.41) is 4.69. The molecule has 2 heterocycles. The first kappa shape index (κ1) is 23.9. The molecule has 0 aliphatic carbocycles. The standard InChI is InChI=1S/C28H26Cl2N2O3/c1-19(22-14-15-23(29)24(30)17-22)31-28(25-13-8-16-34-25)26(20-9-4-2-5-10-20)27(32(31)35-18-33)21-11-6-3-7-12-21/h2-7,9-12,14-15,17-19,25,28H,8,13,16H2,1H3. The van der Waals surface area contributed by atoms with Gasteiger partial charge in [-0.25, -0.2) is 0 Å². The fraction of sp³-hybridized carbons (Fsp3) is 0.250. The third kappa shape index (κ3) is 4.57. The quantitative estimate of drug-likeness (QED) is 0.328. The number of nitrogens with zero attached hydrogens (tertiary/aromatic N) is 2. The second-order valence-electron chi connectivity index (χ2n) is 8.69. The molecular formula is C28H26Cl2N2O3. The van der Waals surface area contributed by atoms with Gasteiger partial charge in [0.25, 0.3) is 0 Å². The Bertz CT molecular complexity index is 1210. The Morgan fingerprint density at radius 3 is 2.26 bits per heavy atom. The maximum Gasteiger partial charge on any atom is 0.322 e. The monoisotopic (exact) mass is 508 g/mol. The van der Waals surface area contributed by atoms with E-state index in [9.17, 15) is 4.79 Å². The first-order valence-electron chi connectivity index (χ1n) is 11.7. The van der Waals surface area contributed by atoms with Crippen molar-refractivity contribution in [1.82, 2.24) is 10.2 Å². The van der Waals surface area contributed by atoms with Crippen LogP contribution in [0.1, 0.15) is 42.5 Å². The van der Waals surface area contributed by atoms with Gasteiger partial charge in [0.1, 0.15) is 5.70 Å². The molecule has 3 aromatic rings. The highest BCUT2D eigenvalue weighted by atomic mass is 35.5. The zero-order valence-electron chi connectivity index (χ0n) is 19.3. The van der Waals surface area contributed by atoms with Crippen molar-refractivity contribution in [2.45, 2.75) is 38.0 Å². The number of carbonyl (C=O) groups excluding carboxylic acids is 1. The van der Waals surface area contributed by atoms with Crippen LogP contribution in [0.25, 0.3) is 11.3 Å². The zero-order chi connectivity index (χ0) is 24.4. The maximum atomic E-state index is 11.8. The summed E-state index contributed by atoms with van der Waals surface area (Å²) < 4.78 is 6.26. The van der Waals surface area contributed by atoms with E-state index in [1.165, 1.54) is 0 Å². The first-order valence-corrected chi connectivity index (χ1v) is 12.5. The molecule has 3 aromatic carbocycles. The SMILES string of the molecule is CC(c1ccc(Cl)c(Cl)c1)N1C(C2CCCO2)C(c2ccccc2)=C(c2ccccc2)N1OC=O. The number of benzene rings is 3. The molecule has 5 rings (SSSR count). The molecule has 0 aromatic heterocycles. The Labute approximate surface area is 215 Å². The van der Waals surface area contributed by atoms with Gasteiger partial charge < -0.3 is 9.57 Å². The van der Waals surface area contributed by atoms with Crippen LogP contribution in [0.2, 0.25) is 10.0 Å². The largest absolute Gasteiger partial charge is 0.376 e. The van der Waals surface area contributed by atoms with E-state index in [1.54, 1.807) is 11.2 Å². The summed E-state index contributed by atoms with van der Waals surface area (Å²) in [6.45, 7) is 3.24. The highest BCUT2D eigenvalue weighted by molar-refractivity contribution is 6.42. The molecule has 3 unspecified atom stereocenters. The molecule has 1 fully saturated rings. The minimum absolute atomic E-state index is 0.0746. The number of hydrogen-bond acceptors (Lipinski definition) is 5. The summed E-state index contributed by atoms with van der Waals surface area (Å²) in [6, 6.07) is 25.4. The zero-order valence-corrected chi connectivity index (χ0v) is 20.8. The summed E-state index contributed by atoms with van der Waals surface area (Å²) in [5.41, 5.74) is 4.81. The Balaban J connectivity index is 1.73. The van der Waals surface area contributed by atoms with Gasteiger partial charge in [-0.1, -0.05) is 89.9 Å². The minimum Gasteiger partial charge on any atom is -0.376 e. The van der Waals surface area contributed by atoms with Crippen molar-refractivity contribution in [3.05, 3.63) is 106 Å². The summed E-state index contributed by atoms with van der Waals surface area (Å²) in [4.78, 5) is 17.6. The molecule has 5 nitrogen and oxygen atoms in total. The average molecular weight is 509 g/mol. The fourth-order valence-corrected chi connectivity index (χ4v) is 5.38. The lowest BCUT2D eigenvalue weighted by molar-refractivity contribution is -0.239. The lowest BCUT2D eigenvalue weighted by Gasteiger charge is -2.39. The van der Waals surface area contributed by atoms with Gasteiger partial charge in [0, 0.05) is 17.7 Å². The third-order valence-electron chi connectivity index (χ3n) is 6.65. The predicted molar refractivity (Wildman–Crippen MR) is 138 cm³/mol. The van der Waals surface area contributed by atoms with E-state index in [4.69, 9.17) is 32.8 Å². The van der Waals surface area contributed by atoms with E-state index in [-0.39, 0.29) is 18.2 Å². The van der Waals surface area contributed by atoms with E-state index < -0.39 is 0 Å². The van der Waals surface area contributed by atoms with Crippen LogP contribution < -0.4 is 0 Å². The molecule has 0 spiro atoms. The van der Waals surface area contributed by atoms with Gasteiger partial charge >= 0.3 is 6.47 Å². The van der Waals surface area contributed by atoms with Gasteiger partial charge in [-0.15, -0.1) is 5.17 Å². The van der Waals surface area contributed by atoms with Crippen LogP contribution in [-0.2, 0) is 14.4 Å². The van der Waals surface area contributed by atoms with Crippen molar-refractivity contribution in [3.8, 4) is 0 Å². The van der Waals surface area contributed by atoms with E-state index in [1.807, 2.05) is 60.7 Å². The van der Waals surface area contributed by atoms with Crippen LogP contribution >= 0.6 is 23.2 Å². The summed E-state index contributed by atoms with van der Waals surface area (Å²) in [5.74, 6) is 0. The van der Waals surface area contributed by atoms with Gasteiger partial charge in [0.05, 0.1) is 28.2 Å². The van der Waals surface area contributed by atoms with Crippen molar-refractivity contribution in [1.29, 1.82) is 0 Å². The van der Waals surface area contributed by atoms with Crippen LogP contribution in [0.4, 0.5) is 0 Å². The second-order valence-corrected chi connectivity index (χ2v) is 9.51. The molecule has 1 saturated heterocycles. The molecule has 7 heteroatoms. The summed E-state index contributed by atoms with van der Waals surface area (Å²) in [7, 11) is 0. The Morgan fingerprint density at radius 1 is 0.971 bits per heavy atom.